The summed E-state index contributed by atoms with van der Waals surface area (Å²) in [7, 11) is 0. The van der Waals surface area contributed by atoms with E-state index in [-0.39, 0.29) is 0 Å². The molecule has 2 heterocycles. The third-order valence-electron chi connectivity index (χ3n) is 1.88. The third-order valence-corrected chi connectivity index (χ3v) is 1.88. The summed E-state index contributed by atoms with van der Waals surface area (Å²) < 4.78 is 4.89. The molecule has 0 atom stereocenters. The van der Waals surface area contributed by atoms with Crippen molar-refractivity contribution >= 4 is 0 Å². The van der Waals surface area contributed by atoms with Crippen molar-refractivity contribution in [3.8, 4) is 0 Å². The molecular formula is C8H10N2O2. The fourth-order valence-corrected chi connectivity index (χ4v) is 1.06. The Hall–Kier alpha value is -1.00. The van der Waals surface area contributed by atoms with Crippen LogP contribution in [0.3, 0.4) is 0 Å². The van der Waals surface area contributed by atoms with Crippen LogP contribution in [0.4, 0.5) is 0 Å². The molecule has 0 saturated carbocycles. The number of rotatable bonds is 1. The van der Waals surface area contributed by atoms with E-state index in [1.165, 1.54) is 0 Å². The van der Waals surface area contributed by atoms with Gasteiger partial charge in [0.05, 0.1) is 13.2 Å². The highest BCUT2D eigenvalue weighted by atomic mass is 16.5. The number of hydrogen-bond donors (Lipinski definition) is 1. The molecule has 1 fully saturated rings. The van der Waals surface area contributed by atoms with Crippen LogP contribution in [0.5, 0.6) is 0 Å². The first-order valence-corrected chi connectivity index (χ1v) is 3.80. The number of aliphatic hydroxyl groups is 1. The Morgan fingerprint density at radius 1 is 1.42 bits per heavy atom. The molecular weight excluding hydrogens is 156 g/mol. The Kier molecular flexibility index (Phi) is 1.59. The number of ether oxygens (including phenoxy) is 1. The van der Waals surface area contributed by atoms with Crippen molar-refractivity contribution in [1.82, 2.24) is 9.97 Å². The second-order valence-corrected chi connectivity index (χ2v) is 3.11. The van der Waals surface area contributed by atoms with Gasteiger partial charge in [-0.1, -0.05) is 0 Å². The largest absolute Gasteiger partial charge is 0.377 e. The van der Waals surface area contributed by atoms with Gasteiger partial charge in [-0.3, -0.25) is 0 Å². The number of hydrogen-bond acceptors (Lipinski definition) is 4. The van der Waals surface area contributed by atoms with E-state index in [2.05, 4.69) is 9.97 Å². The van der Waals surface area contributed by atoms with Crippen LogP contribution >= 0.6 is 0 Å². The van der Waals surface area contributed by atoms with E-state index in [0.29, 0.717) is 19.0 Å². The van der Waals surface area contributed by atoms with Gasteiger partial charge in [0.25, 0.3) is 0 Å². The summed E-state index contributed by atoms with van der Waals surface area (Å²) >= 11 is 0. The third kappa shape index (κ3) is 1.09. The first-order chi connectivity index (χ1) is 5.71. The molecule has 12 heavy (non-hydrogen) atoms. The van der Waals surface area contributed by atoms with Gasteiger partial charge in [-0.25, -0.2) is 9.97 Å². The van der Waals surface area contributed by atoms with Crippen LogP contribution in [0.15, 0.2) is 12.4 Å². The van der Waals surface area contributed by atoms with Crippen molar-refractivity contribution in [1.29, 1.82) is 0 Å². The smallest absolute Gasteiger partial charge is 0.170 e. The highest BCUT2D eigenvalue weighted by Crippen LogP contribution is 2.25. The van der Waals surface area contributed by atoms with Gasteiger partial charge in [-0.2, -0.15) is 0 Å². The molecule has 2 rings (SSSR count). The number of nitrogens with zero attached hydrogens (tertiary/aromatic N) is 2. The molecule has 1 aliphatic rings. The summed E-state index contributed by atoms with van der Waals surface area (Å²) in [5, 5.41) is 9.72. The SMILES string of the molecule is Cc1cnc(C2(O)COC2)nc1. The van der Waals surface area contributed by atoms with Gasteiger partial charge in [0, 0.05) is 12.4 Å². The number of aryl methyl sites for hydroxylation is 1. The van der Waals surface area contributed by atoms with Gasteiger partial charge in [0.1, 0.15) is 0 Å². The second kappa shape index (κ2) is 2.50. The Balaban J connectivity index is 2.28. The van der Waals surface area contributed by atoms with Crippen LogP contribution in [0, 0.1) is 6.92 Å². The Morgan fingerprint density at radius 2 is 2.00 bits per heavy atom. The van der Waals surface area contributed by atoms with Crippen molar-refractivity contribution in [2.45, 2.75) is 12.5 Å². The van der Waals surface area contributed by atoms with Crippen LogP contribution in [0.25, 0.3) is 0 Å². The lowest BCUT2D eigenvalue weighted by molar-refractivity contribution is -0.189. The molecule has 1 aromatic rings. The van der Waals surface area contributed by atoms with E-state index in [4.69, 9.17) is 4.74 Å². The van der Waals surface area contributed by atoms with Crippen LogP contribution in [-0.2, 0) is 10.3 Å². The minimum atomic E-state index is -0.937. The molecule has 4 nitrogen and oxygen atoms in total. The van der Waals surface area contributed by atoms with Gasteiger partial charge >= 0.3 is 0 Å². The molecule has 0 spiro atoms. The molecule has 0 aromatic carbocycles. The van der Waals surface area contributed by atoms with Gasteiger partial charge in [0.2, 0.25) is 0 Å². The molecule has 1 aliphatic heterocycles. The molecule has 0 radical (unpaired) electrons. The summed E-state index contributed by atoms with van der Waals surface area (Å²) in [6, 6.07) is 0. The van der Waals surface area contributed by atoms with Crippen LogP contribution < -0.4 is 0 Å². The normalized spacial score (nSPS) is 20.2. The minimum absolute atomic E-state index is 0.302. The summed E-state index contributed by atoms with van der Waals surface area (Å²) in [6.07, 6.45) is 3.39. The van der Waals surface area contributed by atoms with E-state index >= 15 is 0 Å². The topological polar surface area (TPSA) is 55.2 Å². The monoisotopic (exact) mass is 166 g/mol. The molecule has 0 unspecified atom stereocenters. The fourth-order valence-electron chi connectivity index (χ4n) is 1.06. The standard InChI is InChI=1S/C8H10N2O2/c1-6-2-9-7(10-3-6)8(11)4-12-5-8/h2-3,11H,4-5H2,1H3. The van der Waals surface area contributed by atoms with Crippen LogP contribution in [0.1, 0.15) is 11.4 Å². The van der Waals surface area contributed by atoms with E-state index < -0.39 is 5.60 Å². The lowest BCUT2D eigenvalue weighted by atomic mass is 10.0. The van der Waals surface area contributed by atoms with E-state index in [1.54, 1.807) is 12.4 Å². The summed E-state index contributed by atoms with van der Waals surface area (Å²) in [6.45, 7) is 2.51. The highest BCUT2D eigenvalue weighted by molar-refractivity contribution is 5.09. The Morgan fingerprint density at radius 3 is 2.42 bits per heavy atom. The predicted octanol–water partition coefficient (Wildman–Crippen LogP) is 0.00282. The summed E-state index contributed by atoms with van der Waals surface area (Å²) in [5.41, 5.74) is 0.0517. The second-order valence-electron chi connectivity index (χ2n) is 3.11. The zero-order chi connectivity index (χ0) is 8.60. The van der Waals surface area contributed by atoms with Crippen LogP contribution in [0.2, 0.25) is 0 Å². The maximum absolute atomic E-state index is 9.72. The summed E-state index contributed by atoms with van der Waals surface area (Å²) in [4.78, 5) is 8.06. The fraction of sp³-hybridized carbons (Fsp3) is 0.500. The maximum atomic E-state index is 9.72. The molecule has 4 heteroatoms. The molecule has 1 aromatic heterocycles. The minimum Gasteiger partial charge on any atom is -0.377 e. The Bertz CT molecular complexity index is 280. The quantitative estimate of drug-likeness (QED) is 0.638. The lowest BCUT2D eigenvalue weighted by Crippen LogP contribution is -2.47. The molecule has 0 aliphatic carbocycles. The molecule has 1 saturated heterocycles. The van der Waals surface area contributed by atoms with Gasteiger partial charge < -0.3 is 9.84 Å². The molecule has 0 bridgehead atoms. The summed E-state index contributed by atoms with van der Waals surface area (Å²) in [5.74, 6) is 0.458. The predicted molar refractivity (Wildman–Crippen MR) is 41.5 cm³/mol. The van der Waals surface area contributed by atoms with E-state index in [1.807, 2.05) is 6.92 Å². The first kappa shape index (κ1) is 7.64. The van der Waals surface area contributed by atoms with Gasteiger partial charge in [-0.05, 0) is 12.5 Å². The van der Waals surface area contributed by atoms with Crippen LogP contribution in [-0.4, -0.2) is 28.3 Å². The average Bonchev–Trinajstić information content (AvgIpc) is 2.02. The van der Waals surface area contributed by atoms with E-state index in [9.17, 15) is 5.11 Å². The zero-order valence-corrected chi connectivity index (χ0v) is 6.82. The zero-order valence-electron chi connectivity index (χ0n) is 6.82. The molecule has 1 N–H and O–H groups in total. The highest BCUT2D eigenvalue weighted by Gasteiger charge is 2.40. The van der Waals surface area contributed by atoms with Crippen molar-refractivity contribution in [3.63, 3.8) is 0 Å². The van der Waals surface area contributed by atoms with E-state index in [0.717, 1.165) is 5.56 Å². The first-order valence-electron chi connectivity index (χ1n) is 3.80. The average molecular weight is 166 g/mol. The van der Waals surface area contributed by atoms with Crippen molar-refractivity contribution in [3.05, 3.63) is 23.8 Å². The van der Waals surface area contributed by atoms with Gasteiger partial charge in [-0.15, -0.1) is 0 Å². The van der Waals surface area contributed by atoms with Crippen molar-refractivity contribution in [2.24, 2.45) is 0 Å². The molecule has 64 valence electrons. The maximum Gasteiger partial charge on any atom is 0.170 e. The van der Waals surface area contributed by atoms with Crippen molar-refractivity contribution in [2.75, 3.05) is 13.2 Å². The number of aromatic nitrogens is 2. The van der Waals surface area contributed by atoms with Gasteiger partial charge in [0.15, 0.2) is 11.4 Å². The lowest BCUT2D eigenvalue weighted by Gasteiger charge is -2.34. The van der Waals surface area contributed by atoms with Crippen molar-refractivity contribution < 1.29 is 9.84 Å². The Labute approximate surface area is 70.2 Å². The molecule has 0 amide bonds.